The highest BCUT2D eigenvalue weighted by atomic mass is 16.6. The van der Waals surface area contributed by atoms with Crippen LogP contribution in [0.3, 0.4) is 0 Å². The number of carbonyl (C=O) groups excluding carboxylic acids is 6. The molecule has 4 aromatic carbocycles. The van der Waals surface area contributed by atoms with Crippen molar-refractivity contribution in [3.8, 4) is 34.5 Å². The van der Waals surface area contributed by atoms with Gasteiger partial charge < -0.3 is 28.4 Å². The average Bonchev–Trinajstić information content (AvgIpc) is 3.03. The van der Waals surface area contributed by atoms with Crippen molar-refractivity contribution in [3.63, 3.8) is 0 Å². The molecule has 0 fully saturated rings. The van der Waals surface area contributed by atoms with Gasteiger partial charge in [0.1, 0.15) is 34.5 Å². The minimum atomic E-state index is -0.660. The summed E-state index contributed by atoms with van der Waals surface area (Å²) in [7, 11) is 0. The Balaban J connectivity index is 1.87. The van der Waals surface area contributed by atoms with Gasteiger partial charge in [-0.05, 0) is 77.9 Å². The van der Waals surface area contributed by atoms with Gasteiger partial charge >= 0.3 is 35.8 Å². The van der Waals surface area contributed by atoms with Gasteiger partial charge in [0, 0.05) is 76.6 Å². The van der Waals surface area contributed by atoms with E-state index in [1.165, 1.54) is 53.7 Å². The molecular weight excluding hydrogens is 684 g/mol. The number of aryl methyl sites for hydroxylation is 1. The fourth-order valence-electron chi connectivity index (χ4n) is 6.91. The lowest BCUT2D eigenvalue weighted by Gasteiger charge is -2.41. The molecular formula is C41H38O12. The molecule has 12 heteroatoms. The first-order valence-corrected chi connectivity index (χ1v) is 16.7. The SMILES string of the molecule is CC(=O)Oc1ccc(C2C[C@H](c3ccc(OC(C)=O)cc3)c3c(OC(C)=O)cc(OC(C)=O)cc3C2c2c(C)cc(OC(C)=O)cc2OC(C)=O)cc1. The molecule has 53 heavy (non-hydrogen) atoms. The Hall–Kier alpha value is -6.30. The number of benzene rings is 4. The first-order chi connectivity index (χ1) is 25.1. The molecule has 0 N–H and O–H groups in total. The Morgan fingerprint density at radius 2 is 0.868 bits per heavy atom. The summed E-state index contributed by atoms with van der Waals surface area (Å²) in [6.45, 7) is 9.43. The van der Waals surface area contributed by atoms with Crippen LogP contribution >= 0.6 is 0 Å². The van der Waals surface area contributed by atoms with E-state index < -0.39 is 53.6 Å². The van der Waals surface area contributed by atoms with Crippen LogP contribution in [0.2, 0.25) is 0 Å². The van der Waals surface area contributed by atoms with Crippen molar-refractivity contribution >= 4 is 35.8 Å². The van der Waals surface area contributed by atoms with Gasteiger partial charge in [0.05, 0.1) is 0 Å². The lowest BCUT2D eigenvalue weighted by Crippen LogP contribution is -2.27. The summed E-state index contributed by atoms with van der Waals surface area (Å²) >= 11 is 0. The van der Waals surface area contributed by atoms with Crippen molar-refractivity contribution in [2.75, 3.05) is 0 Å². The van der Waals surface area contributed by atoms with Gasteiger partial charge in [0.2, 0.25) is 0 Å². The van der Waals surface area contributed by atoms with E-state index in [0.29, 0.717) is 40.2 Å². The Kier molecular flexibility index (Phi) is 11.4. The molecule has 0 aromatic heterocycles. The average molecular weight is 723 g/mol. The van der Waals surface area contributed by atoms with Crippen LogP contribution in [0.15, 0.2) is 72.8 Å². The van der Waals surface area contributed by atoms with Crippen LogP contribution in [0.4, 0.5) is 0 Å². The third-order valence-corrected chi connectivity index (χ3v) is 8.50. The fraction of sp³-hybridized carbons (Fsp3) is 0.268. The predicted molar refractivity (Wildman–Crippen MR) is 189 cm³/mol. The maximum absolute atomic E-state index is 12.6. The van der Waals surface area contributed by atoms with Gasteiger partial charge in [-0.3, -0.25) is 28.8 Å². The number of ether oxygens (including phenoxy) is 6. The fourth-order valence-corrected chi connectivity index (χ4v) is 6.91. The van der Waals surface area contributed by atoms with Crippen LogP contribution in [0.1, 0.15) is 99.1 Å². The van der Waals surface area contributed by atoms with E-state index in [0.717, 1.165) is 11.1 Å². The normalized spacial score (nSPS) is 16.0. The number of hydrogen-bond donors (Lipinski definition) is 0. The zero-order valence-electron chi connectivity index (χ0n) is 30.3. The molecule has 0 heterocycles. The van der Waals surface area contributed by atoms with E-state index in [9.17, 15) is 28.8 Å². The van der Waals surface area contributed by atoms with Crippen molar-refractivity contribution < 1.29 is 57.2 Å². The molecule has 2 unspecified atom stereocenters. The molecule has 0 amide bonds. The molecule has 274 valence electrons. The Morgan fingerprint density at radius 1 is 0.472 bits per heavy atom. The van der Waals surface area contributed by atoms with Crippen LogP contribution in [-0.4, -0.2) is 35.8 Å². The minimum Gasteiger partial charge on any atom is -0.427 e. The molecule has 0 bridgehead atoms. The largest absolute Gasteiger partial charge is 0.427 e. The van der Waals surface area contributed by atoms with Crippen LogP contribution in [0.5, 0.6) is 34.5 Å². The monoisotopic (exact) mass is 722 g/mol. The highest BCUT2D eigenvalue weighted by molar-refractivity contribution is 5.76. The predicted octanol–water partition coefficient (Wildman–Crippen LogP) is 7.00. The molecule has 0 aliphatic heterocycles. The van der Waals surface area contributed by atoms with E-state index in [1.54, 1.807) is 43.3 Å². The molecule has 0 saturated heterocycles. The Labute approximate surface area is 305 Å². The second kappa shape index (κ2) is 15.9. The van der Waals surface area contributed by atoms with Crippen LogP contribution in [0.25, 0.3) is 0 Å². The van der Waals surface area contributed by atoms with Gasteiger partial charge in [-0.2, -0.15) is 0 Å². The number of hydrogen-bond acceptors (Lipinski definition) is 12. The topological polar surface area (TPSA) is 158 Å². The lowest BCUT2D eigenvalue weighted by atomic mass is 9.63. The van der Waals surface area contributed by atoms with Gasteiger partial charge in [-0.15, -0.1) is 0 Å². The number of fused-ring (bicyclic) bond motifs is 1. The maximum Gasteiger partial charge on any atom is 0.308 e. The number of carbonyl (C=O) groups is 6. The van der Waals surface area contributed by atoms with Crippen molar-refractivity contribution in [2.45, 2.75) is 72.6 Å². The molecule has 0 saturated carbocycles. The highest BCUT2D eigenvalue weighted by Crippen LogP contribution is 2.58. The molecule has 0 radical (unpaired) electrons. The summed E-state index contributed by atoms with van der Waals surface area (Å²) in [5.74, 6) is -3.68. The van der Waals surface area contributed by atoms with Gasteiger partial charge in [-0.1, -0.05) is 24.3 Å². The lowest BCUT2D eigenvalue weighted by molar-refractivity contribution is -0.133. The molecule has 3 atom stereocenters. The Bertz CT molecular complexity index is 2100. The maximum atomic E-state index is 12.6. The van der Waals surface area contributed by atoms with Gasteiger partial charge in [-0.25, -0.2) is 0 Å². The number of esters is 6. The molecule has 1 aliphatic carbocycles. The molecule has 5 rings (SSSR count). The summed E-state index contributed by atoms with van der Waals surface area (Å²) < 4.78 is 33.2. The van der Waals surface area contributed by atoms with Crippen LogP contribution in [0, 0.1) is 6.92 Å². The summed E-state index contributed by atoms with van der Waals surface area (Å²) in [5, 5.41) is 0. The second-order valence-electron chi connectivity index (χ2n) is 12.6. The first kappa shape index (κ1) is 37.9. The highest BCUT2D eigenvalue weighted by Gasteiger charge is 2.42. The molecule has 0 spiro atoms. The van der Waals surface area contributed by atoms with E-state index in [-0.39, 0.29) is 23.0 Å². The van der Waals surface area contributed by atoms with Crippen LogP contribution < -0.4 is 28.4 Å². The van der Waals surface area contributed by atoms with E-state index in [1.807, 2.05) is 24.3 Å². The zero-order chi connectivity index (χ0) is 38.6. The Morgan fingerprint density at radius 3 is 1.32 bits per heavy atom. The molecule has 12 nitrogen and oxygen atoms in total. The standard InChI is InChI=1S/C41H38O12/c1-21-16-32(50-24(4)44)18-37(52-26(6)46)39(21)41-35(29-10-14-31(15-11-29)49-23(3)43)20-34(28-8-12-30(13-9-28)48-22(2)42)40-36(41)17-33(51-25(5)45)19-38(40)53-27(7)47/h8-19,34-35,41H,20H2,1-7H3/t34-,35?,41?/m1/s1. The third-order valence-electron chi connectivity index (χ3n) is 8.50. The summed E-state index contributed by atoms with van der Waals surface area (Å²) in [4.78, 5) is 72.9. The molecule has 4 aromatic rings. The van der Waals surface area contributed by atoms with Crippen molar-refractivity contribution in [3.05, 3.63) is 106 Å². The van der Waals surface area contributed by atoms with Gasteiger partial charge in [0.25, 0.3) is 0 Å². The first-order valence-electron chi connectivity index (χ1n) is 16.7. The minimum absolute atomic E-state index is 0.107. The zero-order valence-corrected chi connectivity index (χ0v) is 30.3. The van der Waals surface area contributed by atoms with E-state index in [2.05, 4.69) is 0 Å². The van der Waals surface area contributed by atoms with Crippen molar-refractivity contribution in [2.24, 2.45) is 0 Å². The van der Waals surface area contributed by atoms with E-state index in [4.69, 9.17) is 28.4 Å². The summed E-state index contributed by atoms with van der Waals surface area (Å²) in [6, 6.07) is 20.3. The summed E-state index contributed by atoms with van der Waals surface area (Å²) in [5.41, 5.74) is 3.95. The van der Waals surface area contributed by atoms with Gasteiger partial charge in [0.15, 0.2) is 0 Å². The van der Waals surface area contributed by atoms with Crippen LogP contribution in [-0.2, 0) is 28.8 Å². The third kappa shape index (κ3) is 9.14. The van der Waals surface area contributed by atoms with E-state index >= 15 is 0 Å². The smallest absolute Gasteiger partial charge is 0.308 e. The quantitative estimate of drug-likeness (QED) is 0.129. The number of rotatable bonds is 9. The van der Waals surface area contributed by atoms with Crippen molar-refractivity contribution in [1.82, 2.24) is 0 Å². The molecule has 1 aliphatic rings. The van der Waals surface area contributed by atoms with Crippen molar-refractivity contribution in [1.29, 1.82) is 0 Å². The second-order valence-corrected chi connectivity index (χ2v) is 12.6. The summed E-state index contributed by atoms with van der Waals surface area (Å²) in [6.07, 6.45) is 0.392.